The van der Waals surface area contributed by atoms with Crippen molar-refractivity contribution in [3.63, 3.8) is 0 Å². The minimum atomic E-state index is -0.803. The topological polar surface area (TPSA) is 52.3 Å². The van der Waals surface area contributed by atoms with Gasteiger partial charge in [-0.1, -0.05) is 19.3 Å². The molecule has 0 aromatic carbocycles. The Morgan fingerprint density at radius 1 is 1.12 bits per heavy atom. The van der Waals surface area contributed by atoms with Crippen LogP contribution in [0.15, 0.2) is 0 Å². The first kappa shape index (κ1) is 12.5. The van der Waals surface area contributed by atoms with Crippen LogP contribution < -0.4 is 5.73 Å². The molecule has 16 heavy (non-hydrogen) atoms. The van der Waals surface area contributed by atoms with Crippen molar-refractivity contribution in [3.05, 3.63) is 0 Å². The van der Waals surface area contributed by atoms with Crippen LogP contribution in [-0.2, 0) is 15.5 Å². The Kier molecular flexibility index (Phi) is 4.39. The van der Waals surface area contributed by atoms with E-state index in [-0.39, 0.29) is 22.6 Å². The van der Waals surface area contributed by atoms with E-state index in [1.807, 2.05) is 6.92 Å². The summed E-state index contributed by atoms with van der Waals surface area (Å²) in [6.07, 6.45) is 6.80. The molecule has 3 nitrogen and oxygen atoms in total. The molecule has 1 saturated heterocycles. The van der Waals surface area contributed by atoms with Crippen molar-refractivity contribution in [1.29, 1.82) is 0 Å². The summed E-state index contributed by atoms with van der Waals surface area (Å²) >= 11 is 0. The van der Waals surface area contributed by atoms with Crippen LogP contribution >= 0.6 is 0 Å². The Morgan fingerprint density at radius 3 is 2.56 bits per heavy atom. The molecule has 5 unspecified atom stereocenters. The standard InChI is InChI=1S/C12H23NO2S/c1-9-11(7-8-15-9)16(14)12-6-4-2-3-5-10(12)13/h9-12H,2-8,13H2,1H3. The molecule has 4 heteroatoms. The average molecular weight is 245 g/mol. The first-order valence-electron chi connectivity index (χ1n) is 6.46. The largest absolute Gasteiger partial charge is 0.377 e. The molecule has 5 atom stereocenters. The molecule has 2 rings (SSSR count). The molecule has 0 spiro atoms. The van der Waals surface area contributed by atoms with Gasteiger partial charge in [0.1, 0.15) is 0 Å². The van der Waals surface area contributed by atoms with Crippen molar-refractivity contribution >= 4 is 10.8 Å². The smallest absolute Gasteiger partial charge is 0.0691 e. The highest BCUT2D eigenvalue weighted by Crippen LogP contribution is 2.27. The van der Waals surface area contributed by atoms with Crippen LogP contribution in [0.5, 0.6) is 0 Å². The van der Waals surface area contributed by atoms with E-state index >= 15 is 0 Å². The molecule has 0 radical (unpaired) electrons. The lowest BCUT2D eigenvalue weighted by Gasteiger charge is -2.25. The van der Waals surface area contributed by atoms with Gasteiger partial charge in [0.15, 0.2) is 0 Å². The van der Waals surface area contributed by atoms with Gasteiger partial charge in [-0.3, -0.25) is 4.21 Å². The van der Waals surface area contributed by atoms with Gasteiger partial charge >= 0.3 is 0 Å². The molecular formula is C12H23NO2S. The Hall–Kier alpha value is 0.0700. The molecule has 0 bridgehead atoms. The first-order chi connectivity index (χ1) is 7.70. The van der Waals surface area contributed by atoms with Crippen LogP contribution in [0.4, 0.5) is 0 Å². The third-order valence-corrected chi connectivity index (χ3v) is 6.30. The van der Waals surface area contributed by atoms with E-state index in [0.717, 1.165) is 25.9 Å². The maximum absolute atomic E-state index is 12.5. The van der Waals surface area contributed by atoms with Crippen LogP contribution in [0.1, 0.15) is 45.4 Å². The number of hydrogen-bond acceptors (Lipinski definition) is 3. The molecule has 2 fully saturated rings. The van der Waals surface area contributed by atoms with E-state index in [4.69, 9.17) is 10.5 Å². The average Bonchev–Trinajstić information content (AvgIpc) is 2.56. The third-order valence-electron chi connectivity index (χ3n) is 3.91. The van der Waals surface area contributed by atoms with Crippen LogP contribution in [-0.4, -0.2) is 33.5 Å². The molecule has 1 saturated carbocycles. The summed E-state index contributed by atoms with van der Waals surface area (Å²) in [5.74, 6) is 0. The molecule has 94 valence electrons. The highest BCUT2D eigenvalue weighted by molar-refractivity contribution is 7.86. The molecule has 0 amide bonds. The van der Waals surface area contributed by atoms with E-state index in [2.05, 4.69) is 0 Å². The van der Waals surface area contributed by atoms with Crippen LogP contribution in [0.3, 0.4) is 0 Å². The van der Waals surface area contributed by atoms with Crippen LogP contribution in [0.25, 0.3) is 0 Å². The molecule has 1 aliphatic heterocycles. The lowest BCUT2D eigenvalue weighted by atomic mass is 10.1. The second kappa shape index (κ2) is 5.61. The summed E-state index contributed by atoms with van der Waals surface area (Å²) in [6.45, 7) is 2.80. The molecule has 2 aliphatic rings. The normalized spacial score (nSPS) is 42.9. The number of nitrogens with two attached hydrogens (primary N) is 1. The fourth-order valence-electron chi connectivity index (χ4n) is 2.83. The van der Waals surface area contributed by atoms with Crippen molar-refractivity contribution in [1.82, 2.24) is 0 Å². The summed E-state index contributed by atoms with van der Waals surface area (Å²) in [5, 5.41) is 0.422. The van der Waals surface area contributed by atoms with Crippen LogP contribution in [0.2, 0.25) is 0 Å². The summed E-state index contributed by atoms with van der Waals surface area (Å²) in [4.78, 5) is 0. The quantitative estimate of drug-likeness (QED) is 0.751. The molecule has 2 N–H and O–H groups in total. The van der Waals surface area contributed by atoms with Crippen molar-refractivity contribution in [2.75, 3.05) is 6.61 Å². The second-order valence-corrected chi connectivity index (χ2v) is 6.94. The van der Waals surface area contributed by atoms with Crippen molar-refractivity contribution in [2.45, 2.75) is 68.1 Å². The highest BCUT2D eigenvalue weighted by atomic mass is 32.2. The summed E-state index contributed by atoms with van der Waals surface area (Å²) in [5.41, 5.74) is 6.16. The predicted octanol–water partition coefficient (Wildman–Crippen LogP) is 1.57. The van der Waals surface area contributed by atoms with Crippen molar-refractivity contribution < 1.29 is 8.95 Å². The van der Waals surface area contributed by atoms with E-state index in [1.54, 1.807) is 0 Å². The van der Waals surface area contributed by atoms with E-state index in [9.17, 15) is 4.21 Å². The highest BCUT2D eigenvalue weighted by Gasteiger charge is 2.36. The third kappa shape index (κ3) is 2.66. The fraction of sp³-hybridized carbons (Fsp3) is 1.00. The Balaban J connectivity index is 2.01. The summed E-state index contributed by atoms with van der Waals surface area (Å²) in [6, 6.07) is 0.135. The zero-order valence-electron chi connectivity index (χ0n) is 10.1. The van der Waals surface area contributed by atoms with E-state index in [0.29, 0.717) is 0 Å². The molecule has 0 aromatic rings. The van der Waals surface area contributed by atoms with Gasteiger partial charge in [0.05, 0.1) is 16.6 Å². The van der Waals surface area contributed by atoms with Crippen LogP contribution in [0, 0.1) is 0 Å². The Labute approximate surface area is 101 Å². The SMILES string of the molecule is CC1OCCC1S(=O)C1CCCCCC1N. The van der Waals surface area contributed by atoms with Gasteiger partial charge in [0, 0.05) is 23.4 Å². The lowest BCUT2D eigenvalue weighted by molar-refractivity contribution is 0.126. The minimum Gasteiger partial charge on any atom is -0.377 e. The zero-order valence-corrected chi connectivity index (χ0v) is 10.9. The summed E-state index contributed by atoms with van der Waals surface area (Å²) < 4.78 is 18.0. The van der Waals surface area contributed by atoms with Crippen molar-refractivity contribution in [2.24, 2.45) is 5.73 Å². The Bertz CT molecular complexity index is 259. The van der Waals surface area contributed by atoms with Gasteiger partial charge in [-0.15, -0.1) is 0 Å². The summed E-state index contributed by atoms with van der Waals surface area (Å²) in [7, 11) is -0.803. The van der Waals surface area contributed by atoms with Gasteiger partial charge in [-0.05, 0) is 26.2 Å². The molecular weight excluding hydrogens is 222 g/mol. The molecule has 1 heterocycles. The maximum atomic E-state index is 12.5. The Morgan fingerprint density at radius 2 is 1.88 bits per heavy atom. The number of hydrogen-bond donors (Lipinski definition) is 1. The predicted molar refractivity (Wildman–Crippen MR) is 66.8 cm³/mol. The monoisotopic (exact) mass is 245 g/mol. The number of ether oxygens (including phenoxy) is 1. The maximum Gasteiger partial charge on any atom is 0.0691 e. The van der Waals surface area contributed by atoms with Crippen molar-refractivity contribution in [3.8, 4) is 0 Å². The lowest BCUT2D eigenvalue weighted by Crippen LogP contribution is -2.42. The minimum absolute atomic E-state index is 0.135. The van der Waals surface area contributed by atoms with E-state index in [1.165, 1.54) is 19.3 Å². The van der Waals surface area contributed by atoms with Gasteiger partial charge in [0.2, 0.25) is 0 Å². The molecule has 0 aromatic heterocycles. The number of rotatable bonds is 2. The van der Waals surface area contributed by atoms with Gasteiger partial charge in [-0.2, -0.15) is 0 Å². The molecule has 1 aliphatic carbocycles. The van der Waals surface area contributed by atoms with Gasteiger partial charge in [0.25, 0.3) is 0 Å². The first-order valence-corrected chi connectivity index (χ1v) is 7.74. The van der Waals surface area contributed by atoms with E-state index < -0.39 is 10.8 Å². The van der Waals surface area contributed by atoms with Gasteiger partial charge < -0.3 is 10.5 Å². The zero-order chi connectivity index (χ0) is 11.5. The fourth-order valence-corrected chi connectivity index (χ4v) is 4.95. The second-order valence-electron chi connectivity index (χ2n) is 5.07. The van der Waals surface area contributed by atoms with Gasteiger partial charge in [-0.25, -0.2) is 0 Å².